The number of aromatic nitrogens is 6. The van der Waals surface area contributed by atoms with E-state index < -0.39 is 0 Å². The van der Waals surface area contributed by atoms with Gasteiger partial charge in [0.2, 0.25) is 11.7 Å². The van der Waals surface area contributed by atoms with Crippen LogP contribution in [0, 0.1) is 0 Å². The zero-order chi connectivity index (χ0) is 19.1. The van der Waals surface area contributed by atoms with Crippen LogP contribution in [-0.4, -0.2) is 54.4 Å². The van der Waals surface area contributed by atoms with E-state index in [4.69, 9.17) is 4.52 Å². The van der Waals surface area contributed by atoms with Crippen LogP contribution >= 0.6 is 0 Å². The molecule has 1 N–H and O–H groups in total. The van der Waals surface area contributed by atoms with Gasteiger partial charge in [-0.15, -0.1) is 10.2 Å². The van der Waals surface area contributed by atoms with E-state index in [1.54, 1.807) is 30.7 Å². The molecule has 0 atom stereocenters. The van der Waals surface area contributed by atoms with E-state index in [-0.39, 0.29) is 6.03 Å². The highest BCUT2D eigenvalue weighted by atomic mass is 16.5. The third-order valence-electron chi connectivity index (χ3n) is 3.89. The number of aryl methyl sites for hydroxylation is 1. The van der Waals surface area contributed by atoms with Crippen LogP contribution < -0.4 is 5.32 Å². The highest BCUT2D eigenvalue weighted by Crippen LogP contribution is 2.13. The summed E-state index contributed by atoms with van der Waals surface area (Å²) in [6, 6.07) is 3.46. The highest BCUT2D eigenvalue weighted by Gasteiger charge is 2.14. The van der Waals surface area contributed by atoms with Crippen molar-refractivity contribution in [2.24, 2.45) is 0 Å². The van der Waals surface area contributed by atoms with Crippen LogP contribution in [0.25, 0.3) is 11.4 Å². The van der Waals surface area contributed by atoms with Gasteiger partial charge >= 0.3 is 6.03 Å². The molecule has 0 saturated heterocycles. The maximum absolute atomic E-state index is 12.2. The predicted molar refractivity (Wildman–Crippen MR) is 96.4 cm³/mol. The maximum Gasteiger partial charge on any atom is 0.317 e. The van der Waals surface area contributed by atoms with Crippen molar-refractivity contribution in [1.29, 1.82) is 0 Å². The molecule has 3 aromatic heterocycles. The Morgan fingerprint density at radius 1 is 1.41 bits per heavy atom. The molecule has 0 aliphatic carbocycles. The van der Waals surface area contributed by atoms with E-state index in [0.717, 1.165) is 24.4 Å². The highest BCUT2D eigenvalue weighted by molar-refractivity contribution is 5.73. The average molecular weight is 370 g/mol. The Labute approximate surface area is 156 Å². The Balaban J connectivity index is 1.46. The van der Waals surface area contributed by atoms with Crippen LogP contribution in [0.3, 0.4) is 0 Å². The van der Waals surface area contributed by atoms with Gasteiger partial charge in [0.1, 0.15) is 6.33 Å². The van der Waals surface area contributed by atoms with E-state index in [1.165, 1.54) is 0 Å². The number of nitrogens with one attached hydrogen (secondary N) is 1. The van der Waals surface area contributed by atoms with Gasteiger partial charge in [0.15, 0.2) is 5.82 Å². The standard InChI is InChI=1S/C17H22N8O2/c1-3-9-25-12-20-22-14(25)11-24(2)17(26)19-8-6-15-21-16(23-27-15)13-5-4-7-18-10-13/h4-5,7,10,12H,3,6,8-9,11H2,1-2H3,(H,19,26). The number of carbonyl (C=O) groups excluding carboxylic acids is 1. The zero-order valence-electron chi connectivity index (χ0n) is 15.4. The smallest absolute Gasteiger partial charge is 0.317 e. The second-order valence-electron chi connectivity index (χ2n) is 6.03. The van der Waals surface area contributed by atoms with Gasteiger partial charge in [-0.05, 0) is 18.6 Å². The minimum atomic E-state index is -0.201. The minimum Gasteiger partial charge on any atom is -0.339 e. The van der Waals surface area contributed by atoms with Crippen molar-refractivity contribution in [1.82, 2.24) is 40.1 Å². The zero-order valence-corrected chi connectivity index (χ0v) is 15.4. The van der Waals surface area contributed by atoms with Crippen molar-refractivity contribution >= 4 is 6.03 Å². The molecule has 3 rings (SSSR count). The number of hydrogen-bond donors (Lipinski definition) is 1. The second-order valence-corrected chi connectivity index (χ2v) is 6.03. The van der Waals surface area contributed by atoms with Gasteiger partial charge in [-0.3, -0.25) is 4.98 Å². The third-order valence-corrected chi connectivity index (χ3v) is 3.89. The van der Waals surface area contributed by atoms with Crippen molar-refractivity contribution < 1.29 is 9.32 Å². The summed E-state index contributed by atoms with van der Waals surface area (Å²) in [4.78, 5) is 22.1. The molecule has 0 aromatic carbocycles. The van der Waals surface area contributed by atoms with Gasteiger partial charge in [0.25, 0.3) is 0 Å². The largest absolute Gasteiger partial charge is 0.339 e. The van der Waals surface area contributed by atoms with Crippen molar-refractivity contribution in [2.75, 3.05) is 13.6 Å². The summed E-state index contributed by atoms with van der Waals surface area (Å²) in [6.45, 7) is 3.68. The Hall–Kier alpha value is -3.30. The molecule has 142 valence electrons. The Morgan fingerprint density at radius 3 is 3.07 bits per heavy atom. The normalized spacial score (nSPS) is 10.7. The fourth-order valence-corrected chi connectivity index (χ4v) is 2.49. The lowest BCUT2D eigenvalue weighted by Crippen LogP contribution is -2.38. The van der Waals surface area contributed by atoms with E-state index in [2.05, 4.69) is 37.6 Å². The monoisotopic (exact) mass is 370 g/mol. The first-order chi connectivity index (χ1) is 13.2. The SMILES string of the molecule is CCCn1cnnc1CN(C)C(=O)NCCc1nc(-c2cccnc2)no1. The van der Waals surface area contributed by atoms with Crippen molar-refractivity contribution in [2.45, 2.75) is 32.9 Å². The van der Waals surface area contributed by atoms with Gasteiger partial charge in [-0.1, -0.05) is 12.1 Å². The molecule has 0 radical (unpaired) electrons. The lowest BCUT2D eigenvalue weighted by molar-refractivity contribution is 0.205. The molecule has 0 fully saturated rings. The van der Waals surface area contributed by atoms with Gasteiger partial charge in [-0.2, -0.15) is 4.98 Å². The van der Waals surface area contributed by atoms with Crippen LogP contribution in [0.5, 0.6) is 0 Å². The number of urea groups is 1. The first kappa shape index (κ1) is 18.5. The first-order valence-corrected chi connectivity index (χ1v) is 8.76. The number of pyridine rings is 1. The van der Waals surface area contributed by atoms with E-state index in [0.29, 0.717) is 31.2 Å². The number of rotatable bonds is 8. The van der Waals surface area contributed by atoms with Crippen LogP contribution in [0.2, 0.25) is 0 Å². The fourth-order valence-electron chi connectivity index (χ4n) is 2.49. The summed E-state index contributed by atoms with van der Waals surface area (Å²) < 4.78 is 7.16. The number of carbonyl (C=O) groups is 1. The van der Waals surface area contributed by atoms with Gasteiger partial charge < -0.3 is 19.3 Å². The number of amides is 2. The molecular weight excluding hydrogens is 348 g/mol. The summed E-state index contributed by atoms with van der Waals surface area (Å²) in [7, 11) is 1.72. The summed E-state index contributed by atoms with van der Waals surface area (Å²) >= 11 is 0. The van der Waals surface area contributed by atoms with Crippen LogP contribution in [0.15, 0.2) is 35.4 Å². The minimum absolute atomic E-state index is 0.201. The maximum atomic E-state index is 12.2. The Bertz CT molecular complexity index is 861. The van der Waals surface area contributed by atoms with Gasteiger partial charge in [0, 0.05) is 44.5 Å². The summed E-state index contributed by atoms with van der Waals surface area (Å²) in [5.74, 6) is 1.70. The van der Waals surface area contributed by atoms with Crippen molar-refractivity contribution in [3.8, 4) is 11.4 Å². The number of hydrogen-bond acceptors (Lipinski definition) is 7. The first-order valence-electron chi connectivity index (χ1n) is 8.76. The van der Waals surface area contributed by atoms with Crippen molar-refractivity contribution in [3.63, 3.8) is 0 Å². The molecule has 27 heavy (non-hydrogen) atoms. The fraction of sp³-hybridized carbons (Fsp3) is 0.412. The molecule has 10 heteroatoms. The molecule has 0 saturated carbocycles. The summed E-state index contributed by atoms with van der Waals surface area (Å²) in [6.07, 6.45) is 6.45. The quantitative estimate of drug-likeness (QED) is 0.639. The van der Waals surface area contributed by atoms with Crippen LogP contribution in [0.4, 0.5) is 4.79 Å². The van der Waals surface area contributed by atoms with Crippen molar-refractivity contribution in [3.05, 3.63) is 42.6 Å². The van der Waals surface area contributed by atoms with Gasteiger partial charge in [-0.25, -0.2) is 4.79 Å². The Morgan fingerprint density at radius 2 is 2.30 bits per heavy atom. The third kappa shape index (κ3) is 4.87. The second kappa shape index (κ2) is 8.88. The molecule has 0 aliphatic heterocycles. The molecule has 3 heterocycles. The molecule has 0 unspecified atom stereocenters. The van der Waals surface area contributed by atoms with E-state index in [1.807, 2.05) is 16.7 Å². The molecule has 0 spiro atoms. The van der Waals surface area contributed by atoms with E-state index >= 15 is 0 Å². The molecule has 3 aromatic rings. The molecule has 10 nitrogen and oxygen atoms in total. The van der Waals surface area contributed by atoms with Crippen LogP contribution in [0.1, 0.15) is 25.1 Å². The Kier molecular flexibility index (Phi) is 6.08. The summed E-state index contributed by atoms with van der Waals surface area (Å²) in [5, 5.41) is 14.7. The summed E-state index contributed by atoms with van der Waals surface area (Å²) in [5.41, 5.74) is 0.785. The topological polar surface area (TPSA) is 115 Å². The molecule has 0 aliphatic rings. The molecule has 0 bridgehead atoms. The average Bonchev–Trinajstić information content (AvgIpc) is 3.33. The lowest BCUT2D eigenvalue weighted by atomic mass is 10.3. The van der Waals surface area contributed by atoms with Crippen LogP contribution in [-0.2, 0) is 19.5 Å². The van der Waals surface area contributed by atoms with Gasteiger partial charge in [0.05, 0.1) is 6.54 Å². The predicted octanol–water partition coefficient (Wildman–Crippen LogP) is 1.52. The lowest BCUT2D eigenvalue weighted by Gasteiger charge is -2.17. The van der Waals surface area contributed by atoms with E-state index in [9.17, 15) is 4.79 Å². The molecular formula is C17H22N8O2. The molecule has 2 amide bonds. The number of nitrogens with zero attached hydrogens (tertiary/aromatic N) is 7.